The summed E-state index contributed by atoms with van der Waals surface area (Å²) in [5.74, 6) is -1.15. The van der Waals surface area contributed by atoms with Crippen LogP contribution >= 0.6 is 0 Å². The quantitative estimate of drug-likeness (QED) is 0.518. The van der Waals surface area contributed by atoms with E-state index in [9.17, 15) is 9.59 Å². The van der Waals surface area contributed by atoms with Gasteiger partial charge in [0, 0.05) is 0 Å². The molecule has 1 aliphatic rings. The van der Waals surface area contributed by atoms with Gasteiger partial charge in [0.2, 0.25) is 0 Å². The van der Waals surface area contributed by atoms with E-state index in [2.05, 4.69) is 0 Å². The van der Waals surface area contributed by atoms with Gasteiger partial charge in [0.25, 0.3) is 0 Å². The van der Waals surface area contributed by atoms with Crippen molar-refractivity contribution in [3.8, 4) is 0 Å². The minimum Gasteiger partial charge on any atom is -0.465 e. The Bertz CT molecular complexity index is 313. The van der Waals surface area contributed by atoms with Gasteiger partial charge in [-0.15, -0.1) is 0 Å². The smallest absolute Gasteiger partial charge is 0.317 e. The molecule has 84 valence electrons. The van der Waals surface area contributed by atoms with Crippen LogP contribution in [0.25, 0.3) is 0 Å². The van der Waals surface area contributed by atoms with Crippen LogP contribution < -0.4 is 0 Å². The molecule has 0 N–H and O–H groups in total. The number of carbonyl (C=O) groups is 2. The summed E-state index contributed by atoms with van der Waals surface area (Å²) in [5.41, 5.74) is 0.702. The minimum absolute atomic E-state index is 0.123. The highest BCUT2D eigenvalue weighted by molar-refractivity contribution is 6.06. The van der Waals surface area contributed by atoms with Crippen molar-refractivity contribution in [1.82, 2.24) is 0 Å². The van der Waals surface area contributed by atoms with Gasteiger partial charge in [0.15, 0.2) is 5.78 Å². The highest BCUT2D eigenvalue weighted by Crippen LogP contribution is 2.39. The molecule has 0 aromatic rings. The summed E-state index contributed by atoms with van der Waals surface area (Å²) in [4.78, 5) is 23.4. The topological polar surface area (TPSA) is 43.4 Å². The lowest BCUT2D eigenvalue weighted by atomic mass is 9.69. The van der Waals surface area contributed by atoms with Crippen molar-refractivity contribution in [1.29, 1.82) is 0 Å². The first-order chi connectivity index (χ1) is 6.88. The highest BCUT2D eigenvalue weighted by atomic mass is 16.5. The Hall–Kier alpha value is -1.12. The van der Waals surface area contributed by atoms with Crippen molar-refractivity contribution in [2.75, 3.05) is 6.61 Å². The number of esters is 1. The largest absolute Gasteiger partial charge is 0.465 e. The lowest BCUT2D eigenvalue weighted by molar-refractivity contribution is -0.155. The van der Waals surface area contributed by atoms with E-state index in [4.69, 9.17) is 4.74 Å². The number of allylic oxidation sites excluding steroid dienone is 2. The van der Waals surface area contributed by atoms with E-state index in [1.165, 1.54) is 0 Å². The van der Waals surface area contributed by atoms with Gasteiger partial charge in [-0.3, -0.25) is 9.59 Å². The lowest BCUT2D eigenvalue weighted by Crippen LogP contribution is -2.40. The summed E-state index contributed by atoms with van der Waals surface area (Å²) in [6, 6.07) is 0. The Morgan fingerprint density at radius 2 is 2.20 bits per heavy atom. The zero-order valence-electron chi connectivity index (χ0n) is 9.79. The maximum absolute atomic E-state index is 11.8. The van der Waals surface area contributed by atoms with E-state index >= 15 is 0 Å². The van der Waals surface area contributed by atoms with E-state index in [1.807, 2.05) is 20.8 Å². The first-order valence-electron chi connectivity index (χ1n) is 5.26. The van der Waals surface area contributed by atoms with Gasteiger partial charge in [-0.05, 0) is 31.8 Å². The summed E-state index contributed by atoms with van der Waals surface area (Å²) in [7, 11) is 0. The summed E-state index contributed by atoms with van der Waals surface area (Å²) >= 11 is 0. The van der Waals surface area contributed by atoms with Crippen LogP contribution in [0.4, 0.5) is 0 Å². The third-order valence-corrected chi connectivity index (χ3v) is 2.71. The zero-order valence-corrected chi connectivity index (χ0v) is 9.79. The van der Waals surface area contributed by atoms with Gasteiger partial charge in [0.05, 0.1) is 6.61 Å². The molecule has 0 radical (unpaired) electrons. The number of carbonyl (C=O) groups excluding carboxylic acids is 2. The molecule has 0 aromatic heterocycles. The van der Waals surface area contributed by atoms with E-state index < -0.39 is 11.9 Å². The molecule has 0 heterocycles. The molecular weight excluding hydrogens is 192 g/mol. The van der Waals surface area contributed by atoms with Crippen LogP contribution in [0, 0.1) is 11.3 Å². The minimum atomic E-state index is -0.638. The number of ether oxygens (including phenoxy) is 1. The molecule has 0 aliphatic heterocycles. The first-order valence-corrected chi connectivity index (χ1v) is 5.26. The lowest BCUT2D eigenvalue weighted by Gasteiger charge is -2.34. The fourth-order valence-corrected chi connectivity index (χ4v) is 2.24. The fourth-order valence-electron chi connectivity index (χ4n) is 2.24. The monoisotopic (exact) mass is 210 g/mol. The van der Waals surface area contributed by atoms with Gasteiger partial charge in [-0.1, -0.05) is 19.4 Å². The first kappa shape index (κ1) is 12.0. The average Bonchev–Trinajstić information content (AvgIpc) is 1.99. The standard InChI is InChI=1S/C12H18O3/c1-5-15-11(14)10-9(13)6-8(2)7-12(10,3)4/h6,10H,5,7H2,1-4H3. The molecule has 3 nitrogen and oxygen atoms in total. The molecule has 0 saturated heterocycles. The molecule has 0 fully saturated rings. The number of hydrogen-bond acceptors (Lipinski definition) is 3. The average molecular weight is 210 g/mol. The maximum atomic E-state index is 11.8. The molecule has 1 rings (SSSR count). The molecule has 0 bridgehead atoms. The molecule has 15 heavy (non-hydrogen) atoms. The molecule has 0 aromatic carbocycles. The number of rotatable bonds is 2. The molecule has 1 unspecified atom stereocenters. The molecule has 0 amide bonds. The van der Waals surface area contributed by atoms with Gasteiger partial charge < -0.3 is 4.74 Å². The van der Waals surface area contributed by atoms with E-state index in [0.717, 1.165) is 12.0 Å². The zero-order chi connectivity index (χ0) is 11.6. The summed E-state index contributed by atoms with van der Waals surface area (Å²) in [5, 5.41) is 0. The number of ketones is 1. The van der Waals surface area contributed by atoms with Crippen LogP contribution in [0.2, 0.25) is 0 Å². The third-order valence-electron chi connectivity index (χ3n) is 2.71. The van der Waals surface area contributed by atoms with Crippen LogP contribution in [-0.2, 0) is 14.3 Å². The normalized spacial score (nSPS) is 24.7. The Morgan fingerprint density at radius 3 is 2.67 bits per heavy atom. The SMILES string of the molecule is CCOC(=O)C1C(=O)C=C(C)CC1(C)C. The van der Waals surface area contributed by atoms with Crippen LogP contribution in [0.3, 0.4) is 0 Å². The third kappa shape index (κ3) is 2.46. The second-order valence-electron chi connectivity index (χ2n) is 4.74. The second kappa shape index (κ2) is 4.17. The van der Waals surface area contributed by atoms with Crippen LogP contribution in [0.1, 0.15) is 34.1 Å². The van der Waals surface area contributed by atoms with E-state index in [0.29, 0.717) is 6.61 Å². The van der Waals surface area contributed by atoms with Crippen molar-refractivity contribution in [2.45, 2.75) is 34.1 Å². The van der Waals surface area contributed by atoms with E-state index in [1.54, 1.807) is 13.0 Å². The summed E-state index contributed by atoms with van der Waals surface area (Å²) < 4.78 is 4.93. The molecule has 0 spiro atoms. The maximum Gasteiger partial charge on any atom is 0.317 e. The van der Waals surface area contributed by atoms with Crippen molar-refractivity contribution in [3.05, 3.63) is 11.6 Å². The summed E-state index contributed by atoms with van der Waals surface area (Å²) in [6.07, 6.45) is 2.33. The molecule has 1 atom stereocenters. The second-order valence-corrected chi connectivity index (χ2v) is 4.74. The fraction of sp³-hybridized carbons (Fsp3) is 0.667. The molecule has 0 saturated carbocycles. The van der Waals surface area contributed by atoms with Crippen molar-refractivity contribution in [2.24, 2.45) is 11.3 Å². The highest BCUT2D eigenvalue weighted by Gasteiger charge is 2.43. The van der Waals surface area contributed by atoms with E-state index in [-0.39, 0.29) is 11.2 Å². The number of hydrogen-bond donors (Lipinski definition) is 0. The molecule has 3 heteroatoms. The van der Waals surface area contributed by atoms with Crippen LogP contribution in [0.5, 0.6) is 0 Å². The Kier molecular flexibility index (Phi) is 3.32. The van der Waals surface area contributed by atoms with Crippen molar-refractivity contribution >= 4 is 11.8 Å². The van der Waals surface area contributed by atoms with Crippen molar-refractivity contribution in [3.63, 3.8) is 0 Å². The summed E-state index contributed by atoms with van der Waals surface area (Å²) in [6.45, 7) is 7.85. The van der Waals surface area contributed by atoms with Crippen LogP contribution in [-0.4, -0.2) is 18.4 Å². The Balaban J connectivity index is 2.96. The van der Waals surface area contributed by atoms with Crippen molar-refractivity contribution < 1.29 is 14.3 Å². The van der Waals surface area contributed by atoms with Crippen LogP contribution in [0.15, 0.2) is 11.6 Å². The van der Waals surface area contributed by atoms with Gasteiger partial charge in [0.1, 0.15) is 5.92 Å². The van der Waals surface area contributed by atoms with Gasteiger partial charge >= 0.3 is 5.97 Å². The predicted octanol–water partition coefficient (Wildman–Crippen LogP) is 2.11. The van der Waals surface area contributed by atoms with Gasteiger partial charge in [-0.2, -0.15) is 0 Å². The predicted molar refractivity (Wildman–Crippen MR) is 57.3 cm³/mol. The van der Waals surface area contributed by atoms with Gasteiger partial charge in [-0.25, -0.2) is 0 Å². The Labute approximate surface area is 90.5 Å². The molecule has 1 aliphatic carbocycles. The molecular formula is C12H18O3. The Morgan fingerprint density at radius 1 is 1.60 bits per heavy atom.